The van der Waals surface area contributed by atoms with E-state index in [0.717, 1.165) is 24.1 Å². The van der Waals surface area contributed by atoms with Crippen molar-refractivity contribution >= 4 is 11.4 Å². The highest BCUT2D eigenvalue weighted by molar-refractivity contribution is 5.60. The summed E-state index contributed by atoms with van der Waals surface area (Å²) >= 11 is 0. The standard InChI is InChI=1S/C18H18N2O3/c21-20(22)13-8-9-16-15(11-13)18-14(7-4-10-23-18)17(19-16)12-5-2-1-3-6-12/h1-3,5-6,8-9,11,14,17-19H,4,7,10H2/t14-,17+,18-/m0/s1. The summed E-state index contributed by atoms with van der Waals surface area (Å²) in [4.78, 5) is 10.7. The van der Waals surface area contributed by atoms with E-state index < -0.39 is 0 Å². The van der Waals surface area contributed by atoms with Gasteiger partial charge in [0.15, 0.2) is 0 Å². The second-order valence-electron chi connectivity index (χ2n) is 6.16. The molecule has 0 radical (unpaired) electrons. The quantitative estimate of drug-likeness (QED) is 0.666. The number of benzene rings is 2. The lowest BCUT2D eigenvalue weighted by Gasteiger charge is -2.43. The number of nitro benzene ring substituents is 1. The van der Waals surface area contributed by atoms with E-state index in [4.69, 9.17) is 4.74 Å². The van der Waals surface area contributed by atoms with Gasteiger partial charge in [0.05, 0.1) is 17.1 Å². The lowest BCUT2D eigenvalue weighted by molar-refractivity contribution is -0.385. The Hall–Kier alpha value is -2.40. The Morgan fingerprint density at radius 3 is 2.78 bits per heavy atom. The summed E-state index contributed by atoms with van der Waals surface area (Å²) in [5.41, 5.74) is 3.21. The SMILES string of the molecule is O=[N+]([O-])c1ccc2c(c1)[C@H]1OCCC[C@H]1[C@@H](c1ccccc1)N2. The van der Waals surface area contributed by atoms with Gasteiger partial charge in [-0.25, -0.2) is 0 Å². The first kappa shape index (κ1) is 14.2. The Kier molecular flexibility index (Phi) is 3.50. The van der Waals surface area contributed by atoms with Crippen LogP contribution >= 0.6 is 0 Å². The van der Waals surface area contributed by atoms with Gasteiger partial charge in [-0.15, -0.1) is 0 Å². The van der Waals surface area contributed by atoms with Crippen LogP contribution in [0.1, 0.15) is 36.1 Å². The summed E-state index contributed by atoms with van der Waals surface area (Å²) in [5.74, 6) is 0.292. The first-order valence-corrected chi connectivity index (χ1v) is 7.95. The van der Waals surface area contributed by atoms with Crippen molar-refractivity contribution in [2.75, 3.05) is 11.9 Å². The molecular weight excluding hydrogens is 292 g/mol. The molecule has 0 saturated carbocycles. The molecule has 0 spiro atoms. The van der Waals surface area contributed by atoms with E-state index in [-0.39, 0.29) is 22.8 Å². The molecule has 3 atom stereocenters. The zero-order valence-corrected chi connectivity index (χ0v) is 12.6. The number of anilines is 1. The Labute approximate surface area is 134 Å². The molecular formula is C18H18N2O3. The van der Waals surface area contributed by atoms with Crippen LogP contribution in [0.4, 0.5) is 11.4 Å². The van der Waals surface area contributed by atoms with Crippen molar-refractivity contribution in [2.24, 2.45) is 5.92 Å². The van der Waals surface area contributed by atoms with Crippen molar-refractivity contribution in [3.8, 4) is 0 Å². The van der Waals surface area contributed by atoms with Gasteiger partial charge in [-0.2, -0.15) is 0 Å². The van der Waals surface area contributed by atoms with E-state index in [1.54, 1.807) is 18.2 Å². The molecule has 23 heavy (non-hydrogen) atoms. The maximum atomic E-state index is 11.1. The monoisotopic (exact) mass is 310 g/mol. The summed E-state index contributed by atoms with van der Waals surface area (Å²) < 4.78 is 6.03. The molecule has 1 N–H and O–H groups in total. The number of non-ortho nitro benzene ring substituents is 1. The highest BCUT2D eigenvalue weighted by atomic mass is 16.6. The molecule has 0 amide bonds. The number of rotatable bonds is 2. The molecule has 0 aliphatic carbocycles. The number of ether oxygens (including phenoxy) is 1. The van der Waals surface area contributed by atoms with Crippen molar-refractivity contribution in [3.63, 3.8) is 0 Å². The van der Waals surface area contributed by atoms with Crippen LogP contribution in [0.5, 0.6) is 0 Å². The fourth-order valence-electron chi connectivity index (χ4n) is 3.76. The fraction of sp³-hybridized carbons (Fsp3) is 0.333. The molecule has 2 aliphatic rings. The Bertz CT molecular complexity index is 732. The minimum atomic E-state index is -0.346. The smallest absolute Gasteiger partial charge is 0.269 e. The molecule has 1 saturated heterocycles. The van der Waals surface area contributed by atoms with Crippen molar-refractivity contribution < 1.29 is 9.66 Å². The van der Waals surface area contributed by atoms with Crippen LogP contribution in [0.25, 0.3) is 0 Å². The molecule has 0 aromatic heterocycles. The highest BCUT2D eigenvalue weighted by Gasteiger charge is 2.40. The van der Waals surface area contributed by atoms with Crippen LogP contribution in [0.3, 0.4) is 0 Å². The average molecular weight is 310 g/mol. The van der Waals surface area contributed by atoms with Crippen LogP contribution in [0.15, 0.2) is 48.5 Å². The molecule has 2 aliphatic heterocycles. The zero-order chi connectivity index (χ0) is 15.8. The van der Waals surface area contributed by atoms with Crippen LogP contribution in [0.2, 0.25) is 0 Å². The van der Waals surface area contributed by atoms with E-state index >= 15 is 0 Å². The predicted octanol–water partition coefficient (Wildman–Crippen LogP) is 4.23. The molecule has 0 bridgehead atoms. The van der Waals surface area contributed by atoms with Crippen LogP contribution in [0, 0.1) is 16.0 Å². The number of fused-ring (bicyclic) bond motifs is 3. The molecule has 0 unspecified atom stereocenters. The summed E-state index contributed by atoms with van der Waals surface area (Å²) in [6, 6.07) is 15.5. The first-order valence-electron chi connectivity index (χ1n) is 7.95. The van der Waals surface area contributed by atoms with Gasteiger partial charge < -0.3 is 10.1 Å². The minimum Gasteiger partial charge on any atom is -0.378 e. The van der Waals surface area contributed by atoms with Gasteiger partial charge in [-0.3, -0.25) is 10.1 Å². The zero-order valence-electron chi connectivity index (χ0n) is 12.6. The topological polar surface area (TPSA) is 64.4 Å². The Balaban J connectivity index is 1.78. The third-order valence-corrected chi connectivity index (χ3v) is 4.82. The molecule has 5 nitrogen and oxygen atoms in total. The predicted molar refractivity (Wildman–Crippen MR) is 87.3 cm³/mol. The van der Waals surface area contributed by atoms with E-state index in [0.29, 0.717) is 12.5 Å². The molecule has 2 heterocycles. The molecule has 4 rings (SSSR count). The van der Waals surface area contributed by atoms with Crippen molar-refractivity contribution in [3.05, 3.63) is 69.8 Å². The van der Waals surface area contributed by atoms with Crippen molar-refractivity contribution in [2.45, 2.75) is 25.0 Å². The van der Waals surface area contributed by atoms with E-state index in [9.17, 15) is 10.1 Å². The maximum Gasteiger partial charge on any atom is 0.269 e. The van der Waals surface area contributed by atoms with E-state index in [1.807, 2.05) is 18.2 Å². The molecule has 2 aromatic carbocycles. The van der Waals surface area contributed by atoms with Gasteiger partial charge in [-0.1, -0.05) is 30.3 Å². The molecule has 2 aromatic rings. The third-order valence-electron chi connectivity index (χ3n) is 4.82. The first-order chi connectivity index (χ1) is 11.2. The van der Waals surface area contributed by atoms with Gasteiger partial charge in [-0.05, 0) is 24.5 Å². The average Bonchev–Trinajstić information content (AvgIpc) is 2.61. The number of hydrogen-bond donors (Lipinski definition) is 1. The lowest BCUT2D eigenvalue weighted by Crippen LogP contribution is -2.36. The van der Waals surface area contributed by atoms with E-state index in [2.05, 4.69) is 17.4 Å². The molecule has 118 valence electrons. The number of hydrogen-bond acceptors (Lipinski definition) is 4. The summed E-state index contributed by atoms with van der Waals surface area (Å²) in [6.45, 7) is 0.713. The second kappa shape index (κ2) is 5.66. The fourth-order valence-corrected chi connectivity index (χ4v) is 3.76. The second-order valence-corrected chi connectivity index (χ2v) is 6.16. The third kappa shape index (κ3) is 2.47. The molecule has 5 heteroatoms. The largest absolute Gasteiger partial charge is 0.378 e. The van der Waals surface area contributed by atoms with Crippen LogP contribution in [-0.2, 0) is 4.74 Å². The summed E-state index contributed by atoms with van der Waals surface area (Å²) in [5, 5.41) is 14.7. The Morgan fingerprint density at radius 1 is 1.17 bits per heavy atom. The maximum absolute atomic E-state index is 11.1. The summed E-state index contributed by atoms with van der Waals surface area (Å²) in [7, 11) is 0. The van der Waals surface area contributed by atoms with Gasteiger partial charge in [0.1, 0.15) is 0 Å². The van der Waals surface area contributed by atoms with Crippen LogP contribution in [-0.4, -0.2) is 11.5 Å². The minimum absolute atomic E-state index is 0.0786. The van der Waals surface area contributed by atoms with Gasteiger partial charge in [0.2, 0.25) is 0 Å². The number of nitrogens with one attached hydrogen (secondary N) is 1. The van der Waals surface area contributed by atoms with Crippen molar-refractivity contribution in [1.82, 2.24) is 0 Å². The number of nitro groups is 1. The van der Waals surface area contributed by atoms with Crippen molar-refractivity contribution in [1.29, 1.82) is 0 Å². The van der Waals surface area contributed by atoms with E-state index in [1.165, 1.54) is 5.56 Å². The normalized spacial score (nSPS) is 25.8. The Morgan fingerprint density at radius 2 is 2.00 bits per heavy atom. The van der Waals surface area contributed by atoms with Gasteiger partial charge >= 0.3 is 0 Å². The van der Waals surface area contributed by atoms with Crippen LogP contribution < -0.4 is 5.32 Å². The van der Waals surface area contributed by atoms with Gasteiger partial charge in [0, 0.05) is 35.9 Å². The summed E-state index contributed by atoms with van der Waals surface area (Å²) in [6.07, 6.45) is 2.00. The van der Waals surface area contributed by atoms with Gasteiger partial charge in [0.25, 0.3) is 5.69 Å². The molecule has 1 fully saturated rings. The lowest BCUT2D eigenvalue weighted by atomic mass is 9.77. The highest BCUT2D eigenvalue weighted by Crippen LogP contribution is 2.49. The number of nitrogens with zero attached hydrogens (tertiary/aromatic N) is 1.